The van der Waals surface area contributed by atoms with Gasteiger partial charge in [-0.2, -0.15) is 19.9 Å². The zero-order valence-electron chi connectivity index (χ0n) is 70.4. The number of thiophene rings is 1. The number of hydrogen-bond acceptors (Lipinski definition) is 11. The van der Waals surface area contributed by atoms with E-state index in [1.54, 1.807) is 0 Å². The number of aromatic nitrogens is 14. The maximum atomic E-state index is 5.24. The van der Waals surface area contributed by atoms with Crippen LogP contribution in [0.5, 0.6) is 0 Å². The van der Waals surface area contributed by atoms with Gasteiger partial charge in [-0.15, -0.1) is 11.3 Å². The van der Waals surface area contributed by atoms with Gasteiger partial charge in [-0.3, -0.25) is 13.7 Å². The van der Waals surface area contributed by atoms with Gasteiger partial charge in [-0.25, -0.2) is 29.9 Å². The van der Waals surface area contributed by atoms with E-state index in [1.807, 2.05) is 181 Å². The lowest BCUT2D eigenvalue weighted by molar-refractivity contribution is 0.953. The average molecular weight is 1700 g/mol. The van der Waals surface area contributed by atoms with Crippen LogP contribution in [0.25, 0.3) is 233 Å². The van der Waals surface area contributed by atoms with Crippen LogP contribution in [0.3, 0.4) is 0 Å². The van der Waals surface area contributed by atoms with Crippen molar-refractivity contribution >= 4 is 119 Å². The van der Waals surface area contributed by atoms with Gasteiger partial charge >= 0.3 is 0 Å². The predicted molar refractivity (Wildman–Crippen MR) is 536 cm³/mol. The fraction of sp³-hybridized carbons (Fsp3) is 0. The van der Waals surface area contributed by atoms with Gasteiger partial charge in [-0.1, -0.05) is 352 Å². The molecule has 14 nitrogen and oxygen atoms in total. The van der Waals surface area contributed by atoms with E-state index in [9.17, 15) is 0 Å². The SMILES string of the molecule is c1ccc(-c2ccc3c4ccccc4n(-c4ccc(-c5nc(-c6ccccc6)nc(-c6ccccc6)n5)cn4)c3c2)cc1.c1ccc(-c2cccc(-c3nc(-c4ccccc4)nc(-n4c5ccccc5c5cc6c7ccccc7n(-c7ccccc7)c6cc54)n3)c2)cc1.c1ccc(-c2nc(-c3ccccc3)nc(-n3c4ccccc4c4cc5c(cc43)sc3ccccc35)n2)cc1. The van der Waals surface area contributed by atoms with Crippen molar-refractivity contribution in [3.8, 4) is 125 Å². The summed E-state index contributed by atoms with van der Waals surface area (Å²) < 4.78 is 11.5. The Kier molecular flexibility index (Phi) is 19.4. The van der Waals surface area contributed by atoms with Crippen molar-refractivity contribution in [2.75, 3.05) is 0 Å². The molecule has 0 atom stereocenters. The molecule has 9 aromatic heterocycles. The lowest BCUT2D eigenvalue weighted by Crippen LogP contribution is -2.06. The van der Waals surface area contributed by atoms with Crippen LogP contribution >= 0.6 is 11.3 Å². The molecular formula is C116H74N14S. The molecule has 0 saturated carbocycles. The average Bonchev–Trinajstić information content (AvgIpc) is 1.60. The number of rotatable bonds is 13. The standard InChI is InChI=1S/C45H29N5.C38H25N5.C33H20N4S/c1-4-15-30(16-5-1)32-19-14-20-33(27-32)44-46-43(31-17-6-2-7-18-31)47-45(48-44)50-40-26-13-11-24-36(40)38-28-37-35-23-10-12-25-39(35)49(41(37)29-42(38)50)34-21-8-3-9-22-34;1-4-12-26(13-5-1)29-20-22-32-31-18-10-11-19-33(31)43(34(32)24-29)35-23-21-30(25-39-35)38-41-36(27-14-6-2-7-15-27)40-37(42-38)28-16-8-3-9-17-28;1-3-11-21(12-4-1)31-34-32(22-13-5-2-6-14-22)36-33(35-31)37-27-17-9-7-15-23(27)25-19-26-24-16-8-10-18-29(24)38-30(26)20-28(25)37/h1-29H;1-25H;1-20H. The Morgan fingerprint density at radius 2 is 0.473 bits per heavy atom. The minimum Gasteiger partial charge on any atom is -0.309 e. The smallest absolute Gasteiger partial charge is 0.238 e. The van der Waals surface area contributed by atoms with Crippen molar-refractivity contribution in [3.05, 3.63) is 449 Å². The number of benzene rings is 17. The second-order valence-corrected chi connectivity index (χ2v) is 33.3. The van der Waals surface area contributed by atoms with E-state index in [0.29, 0.717) is 52.7 Å². The highest BCUT2D eigenvalue weighted by molar-refractivity contribution is 7.25. The number of pyridine rings is 1. The first-order chi connectivity index (χ1) is 64.9. The second-order valence-electron chi connectivity index (χ2n) is 32.2. The highest BCUT2D eigenvalue weighted by atomic mass is 32.1. The van der Waals surface area contributed by atoms with Gasteiger partial charge in [0.25, 0.3) is 0 Å². The van der Waals surface area contributed by atoms with Gasteiger partial charge in [-0.05, 0) is 113 Å². The largest absolute Gasteiger partial charge is 0.309 e. The third-order valence-corrected chi connectivity index (χ3v) is 25.5. The van der Waals surface area contributed by atoms with Crippen LogP contribution in [0.1, 0.15) is 0 Å². The Bertz CT molecular complexity index is 8700. The summed E-state index contributed by atoms with van der Waals surface area (Å²) in [6.45, 7) is 0. The highest BCUT2D eigenvalue weighted by Crippen LogP contribution is 2.44. The van der Waals surface area contributed by atoms with E-state index in [4.69, 9.17) is 49.8 Å². The quantitative estimate of drug-likeness (QED) is 0.109. The van der Waals surface area contributed by atoms with E-state index < -0.39 is 0 Å². The molecule has 0 aliphatic carbocycles. The first-order valence-electron chi connectivity index (χ1n) is 43.6. The van der Waals surface area contributed by atoms with Gasteiger partial charge in [0, 0.05) is 114 Å². The summed E-state index contributed by atoms with van der Waals surface area (Å²) in [5.74, 6) is 6.43. The van der Waals surface area contributed by atoms with Crippen LogP contribution in [-0.4, -0.2) is 68.1 Å². The molecule has 0 bridgehead atoms. The molecule has 0 N–H and O–H groups in total. The fourth-order valence-electron chi connectivity index (χ4n) is 18.2. The zero-order valence-corrected chi connectivity index (χ0v) is 71.2. The molecule has 26 aromatic rings. The van der Waals surface area contributed by atoms with E-state index in [2.05, 4.69) is 297 Å². The van der Waals surface area contributed by atoms with Gasteiger partial charge in [0.2, 0.25) is 11.9 Å². The molecule has 0 aliphatic heterocycles. The molecule has 0 aliphatic rings. The summed E-state index contributed by atoms with van der Waals surface area (Å²) in [5.41, 5.74) is 21.0. The molecule has 15 heteroatoms. The van der Waals surface area contributed by atoms with Crippen LogP contribution in [0.15, 0.2) is 449 Å². The molecule has 0 saturated heterocycles. The summed E-state index contributed by atoms with van der Waals surface area (Å²) in [4.78, 5) is 50.0. The lowest BCUT2D eigenvalue weighted by Gasteiger charge is -2.12. The lowest BCUT2D eigenvalue weighted by atomic mass is 10.0. The van der Waals surface area contributed by atoms with Gasteiger partial charge in [0.15, 0.2) is 40.8 Å². The van der Waals surface area contributed by atoms with E-state index >= 15 is 0 Å². The molecule has 26 rings (SSSR count). The summed E-state index contributed by atoms with van der Waals surface area (Å²) in [5, 5.41) is 12.1. The second kappa shape index (κ2) is 33.0. The van der Waals surface area contributed by atoms with Crippen LogP contribution in [0, 0.1) is 0 Å². The highest BCUT2D eigenvalue weighted by Gasteiger charge is 2.25. The summed E-state index contributed by atoms with van der Waals surface area (Å²) >= 11 is 1.82. The van der Waals surface area contributed by atoms with Crippen molar-refractivity contribution in [2.45, 2.75) is 0 Å². The van der Waals surface area contributed by atoms with Crippen molar-refractivity contribution in [1.82, 2.24) is 68.1 Å². The van der Waals surface area contributed by atoms with Gasteiger partial charge < -0.3 is 4.57 Å². The number of nitrogens with zero attached hydrogens (tertiary/aromatic N) is 14. The van der Waals surface area contributed by atoms with Crippen LogP contribution in [-0.2, 0) is 0 Å². The Balaban J connectivity index is 0.000000110. The molecule has 17 aromatic carbocycles. The Morgan fingerprint density at radius 1 is 0.160 bits per heavy atom. The number of fused-ring (bicyclic) bond motifs is 15. The summed E-state index contributed by atoms with van der Waals surface area (Å²) in [7, 11) is 0. The molecule has 0 radical (unpaired) electrons. The molecule has 0 unspecified atom stereocenters. The molecular weight excluding hydrogens is 1620 g/mol. The first kappa shape index (κ1) is 76.9. The van der Waals surface area contributed by atoms with Crippen LogP contribution in [0.2, 0.25) is 0 Å². The van der Waals surface area contributed by atoms with E-state index in [0.717, 1.165) is 111 Å². The normalized spacial score (nSPS) is 11.5. The molecule has 614 valence electrons. The van der Waals surface area contributed by atoms with Crippen LogP contribution in [0.4, 0.5) is 0 Å². The monoisotopic (exact) mass is 1690 g/mol. The Morgan fingerprint density at radius 3 is 0.931 bits per heavy atom. The number of para-hydroxylation sites is 5. The predicted octanol–water partition coefficient (Wildman–Crippen LogP) is 28.8. The third kappa shape index (κ3) is 14.2. The minimum atomic E-state index is 0.576. The maximum absolute atomic E-state index is 5.24. The topological polar surface area (TPSA) is 149 Å². The molecule has 131 heavy (non-hydrogen) atoms. The molecule has 9 heterocycles. The Hall–Kier alpha value is -17.7. The van der Waals surface area contributed by atoms with Gasteiger partial charge in [0.1, 0.15) is 5.82 Å². The Labute approximate surface area is 756 Å². The third-order valence-electron chi connectivity index (χ3n) is 24.3. The molecule has 0 amide bonds. The summed E-state index contributed by atoms with van der Waals surface area (Å²) in [6.07, 6.45) is 1.86. The van der Waals surface area contributed by atoms with Crippen molar-refractivity contribution < 1.29 is 0 Å². The van der Waals surface area contributed by atoms with Crippen molar-refractivity contribution in [3.63, 3.8) is 0 Å². The minimum absolute atomic E-state index is 0.576. The van der Waals surface area contributed by atoms with E-state index in [1.165, 1.54) is 69.1 Å². The van der Waals surface area contributed by atoms with Crippen LogP contribution < -0.4 is 0 Å². The first-order valence-corrected chi connectivity index (χ1v) is 44.4. The van der Waals surface area contributed by atoms with Gasteiger partial charge in [0.05, 0.1) is 44.1 Å². The van der Waals surface area contributed by atoms with Crippen molar-refractivity contribution in [2.24, 2.45) is 0 Å². The summed E-state index contributed by atoms with van der Waals surface area (Å²) in [6, 6.07) is 153. The molecule has 0 fully saturated rings. The van der Waals surface area contributed by atoms with E-state index in [-0.39, 0.29) is 0 Å². The number of hydrogen-bond donors (Lipinski definition) is 0. The fourth-order valence-corrected chi connectivity index (χ4v) is 19.3. The maximum Gasteiger partial charge on any atom is 0.238 e. The molecule has 0 spiro atoms. The zero-order chi connectivity index (χ0) is 86.7. The van der Waals surface area contributed by atoms with Crippen molar-refractivity contribution in [1.29, 1.82) is 0 Å².